The van der Waals surface area contributed by atoms with Crippen LogP contribution in [0.3, 0.4) is 0 Å². The molecule has 0 aliphatic heterocycles. The van der Waals surface area contributed by atoms with E-state index in [1.807, 2.05) is 0 Å². The lowest BCUT2D eigenvalue weighted by Gasteiger charge is -2.33. The molecule has 2 unspecified atom stereocenters. The number of hydrogen-bond donors (Lipinski definition) is 1. The molecule has 2 aliphatic rings. The summed E-state index contributed by atoms with van der Waals surface area (Å²) in [5.41, 5.74) is -0.214. The molecular weight excluding hydrogens is 262 g/mol. The summed E-state index contributed by atoms with van der Waals surface area (Å²) >= 11 is 0. The monoisotopic (exact) mass is 289 g/mol. The van der Waals surface area contributed by atoms with Gasteiger partial charge in [-0.3, -0.25) is 0 Å². The van der Waals surface area contributed by atoms with Crippen molar-refractivity contribution in [1.29, 1.82) is 0 Å². The highest BCUT2D eigenvalue weighted by molar-refractivity contribution is 7.89. The first-order chi connectivity index (χ1) is 8.89. The topological polar surface area (TPSA) is 69.4 Å². The van der Waals surface area contributed by atoms with E-state index in [0.29, 0.717) is 12.7 Å². The third kappa shape index (κ3) is 4.72. The fourth-order valence-electron chi connectivity index (χ4n) is 3.71. The molecule has 4 nitrogen and oxygen atoms in total. The lowest BCUT2D eigenvalue weighted by atomic mass is 9.87. The Morgan fingerprint density at radius 3 is 2.47 bits per heavy atom. The fourth-order valence-corrected chi connectivity index (χ4v) is 4.93. The predicted octanol–water partition coefficient (Wildman–Crippen LogP) is 2.43. The number of hydrogen-bond acceptors (Lipinski definition) is 3. The SMILES string of the molecule is CC1CCCC(OCC2(CS(N)(=O)=O)CCCC2)C1. The van der Waals surface area contributed by atoms with Crippen molar-refractivity contribution in [2.24, 2.45) is 16.5 Å². The van der Waals surface area contributed by atoms with Crippen LogP contribution in [0.15, 0.2) is 0 Å². The molecule has 0 saturated heterocycles. The number of rotatable bonds is 5. The first-order valence-corrected chi connectivity index (χ1v) is 9.22. The lowest BCUT2D eigenvalue weighted by Crippen LogP contribution is -2.37. The molecule has 0 aromatic rings. The minimum atomic E-state index is -3.41. The molecular formula is C14H27NO3S. The summed E-state index contributed by atoms with van der Waals surface area (Å²) in [6.45, 7) is 2.84. The number of nitrogens with two attached hydrogens (primary N) is 1. The van der Waals surface area contributed by atoms with Crippen molar-refractivity contribution in [1.82, 2.24) is 0 Å². The molecule has 19 heavy (non-hydrogen) atoms. The van der Waals surface area contributed by atoms with Gasteiger partial charge in [0.2, 0.25) is 10.0 Å². The lowest BCUT2D eigenvalue weighted by molar-refractivity contribution is -0.0259. The van der Waals surface area contributed by atoms with Crippen molar-refractivity contribution in [2.75, 3.05) is 12.4 Å². The van der Waals surface area contributed by atoms with E-state index < -0.39 is 10.0 Å². The molecule has 0 heterocycles. The Labute approximate surface area is 117 Å². The van der Waals surface area contributed by atoms with E-state index in [9.17, 15) is 8.42 Å². The third-order valence-corrected chi connectivity index (χ3v) is 5.70. The maximum atomic E-state index is 11.4. The van der Waals surface area contributed by atoms with Crippen molar-refractivity contribution in [3.8, 4) is 0 Å². The first kappa shape index (κ1) is 15.3. The molecule has 0 aromatic heterocycles. The highest BCUT2D eigenvalue weighted by Gasteiger charge is 2.38. The molecule has 0 radical (unpaired) electrons. The third-order valence-electron chi connectivity index (χ3n) is 4.69. The minimum Gasteiger partial charge on any atom is -0.378 e. The Hall–Kier alpha value is -0.130. The molecule has 2 rings (SSSR count). The van der Waals surface area contributed by atoms with E-state index in [1.54, 1.807) is 0 Å². The molecule has 2 saturated carbocycles. The van der Waals surface area contributed by atoms with Crippen molar-refractivity contribution in [2.45, 2.75) is 64.4 Å². The van der Waals surface area contributed by atoms with E-state index in [2.05, 4.69) is 6.92 Å². The second-order valence-corrected chi connectivity index (χ2v) is 8.33. The van der Waals surface area contributed by atoms with Gasteiger partial charge in [0.15, 0.2) is 0 Å². The van der Waals surface area contributed by atoms with Crippen LogP contribution >= 0.6 is 0 Å². The average molecular weight is 289 g/mol. The maximum Gasteiger partial charge on any atom is 0.209 e. The molecule has 0 aromatic carbocycles. The van der Waals surface area contributed by atoms with Crippen molar-refractivity contribution >= 4 is 10.0 Å². The van der Waals surface area contributed by atoms with Crippen LogP contribution < -0.4 is 5.14 Å². The molecule has 2 atom stereocenters. The van der Waals surface area contributed by atoms with E-state index in [4.69, 9.17) is 9.88 Å². The fraction of sp³-hybridized carbons (Fsp3) is 1.00. The van der Waals surface area contributed by atoms with Gasteiger partial charge in [0.1, 0.15) is 0 Å². The second kappa shape index (κ2) is 6.10. The Balaban J connectivity index is 1.90. The van der Waals surface area contributed by atoms with Gasteiger partial charge in [-0.2, -0.15) is 0 Å². The Morgan fingerprint density at radius 1 is 1.21 bits per heavy atom. The summed E-state index contributed by atoms with van der Waals surface area (Å²) < 4.78 is 28.9. The number of sulfonamides is 1. The van der Waals surface area contributed by atoms with Crippen molar-refractivity contribution in [3.05, 3.63) is 0 Å². The zero-order valence-electron chi connectivity index (χ0n) is 11.9. The summed E-state index contributed by atoms with van der Waals surface area (Å²) in [5, 5.41) is 5.25. The molecule has 0 spiro atoms. The van der Waals surface area contributed by atoms with E-state index in [1.165, 1.54) is 12.8 Å². The zero-order chi connectivity index (χ0) is 13.9. The zero-order valence-corrected chi connectivity index (χ0v) is 12.8. The van der Waals surface area contributed by atoms with Crippen LogP contribution in [0.25, 0.3) is 0 Å². The maximum absolute atomic E-state index is 11.4. The van der Waals surface area contributed by atoms with Crippen LogP contribution in [-0.2, 0) is 14.8 Å². The quantitative estimate of drug-likeness (QED) is 0.845. The molecule has 0 bridgehead atoms. The molecule has 2 aliphatic carbocycles. The Bertz CT molecular complexity index is 387. The number of ether oxygens (including phenoxy) is 1. The second-order valence-electron chi connectivity index (χ2n) is 6.72. The normalized spacial score (nSPS) is 31.5. The molecule has 2 N–H and O–H groups in total. The van der Waals surface area contributed by atoms with Gasteiger partial charge in [0.25, 0.3) is 0 Å². The minimum absolute atomic E-state index is 0.0856. The Morgan fingerprint density at radius 2 is 1.89 bits per heavy atom. The summed E-state index contributed by atoms with van der Waals surface area (Å²) in [5.74, 6) is 0.818. The van der Waals surface area contributed by atoms with Crippen LogP contribution in [0.1, 0.15) is 58.3 Å². The van der Waals surface area contributed by atoms with Crippen LogP contribution in [0.5, 0.6) is 0 Å². The van der Waals surface area contributed by atoms with Gasteiger partial charge in [-0.05, 0) is 31.6 Å². The summed E-state index contributed by atoms with van der Waals surface area (Å²) in [7, 11) is -3.41. The Kier molecular flexibility index (Phi) is 4.90. The van der Waals surface area contributed by atoms with Crippen LogP contribution in [-0.4, -0.2) is 26.9 Å². The number of primary sulfonamides is 1. The van der Waals surface area contributed by atoms with E-state index >= 15 is 0 Å². The standard InChI is InChI=1S/C14H27NO3S/c1-12-5-4-6-13(9-12)18-10-14(7-2-3-8-14)11-19(15,16)17/h12-13H,2-11H2,1H3,(H2,15,16,17). The largest absolute Gasteiger partial charge is 0.378 e. The van der Waals surface area contributed by atoms with E-state index in [-0.39, 0.29) is 11.2 Å². The summed E-state index contributed by atoms with van der Waals surface area (Å²) in [4.78, 5) is 0. The van der Waals surface area contributed by atoms with Gasteiger partial charge in [0.05, 0.1) is 18.5 Å². The van der Waals surface area contributed by atoms with Gasteiger partial charge in [-0.25, -0.2) is 13.6 Å². The van der Waals surface area contributed by atoms with Gasteiger partial charge in [0, 0.05) is 5.41 Å². The highest BCUT2D eigenvalue weighted by atomic mass is 32.2. The molecule has 2 fully saturated rings. The summed E-state index contributed by atoms with van der Waals surface area (Å²) in [6, 6.07) is 0. The molecule has 0 amide bonds. The van der Waals surface area contributed by atoms with Crippen molar-refractivity contribution < 1.29 is 13.2 Å². The van der Waals surface area contributed by atoms with Crippen molar-refractivity contribution in [3.63, 3.8) is 0 Å². The van der Waals surface area contributed by atoms with E-state index in [0.717, 1.165) is 44.4 Å². The summed E-state index contributed by atoms with van der Waals surface area (Å²) in [6.07, 6.45) is 9.15. The first-order valence-electron chi connectivity index (χ1n) is 7.51. The van der Waals surface area contributed by atoms with Gasteiger partial charge < -0.3 is 4.74 Å². The van der Waals surface area contributed by atoms with Gasteiger partial charge >= 0.3 is 0 Å². The average Bonchev–Trinajstić information content (AvgIpc) is 2.73. The van der Waals surface area contributed by atoms with Crippen LogP contribution in [0.2, 0.25) is 0 Å². The molecule has 5 heteroatoms. The van der Waals surface area contributed by atoms with Gasteiger partial charge in [-0.1, -0.05) is 32.6 Å². The highest BCUT2D eigenvalue weighted by Crippen LogP contribution is 2.40. The van der Waals surface area contributed by atoms with Crippen LogP contribution in [0, 0.1) is 11.3 Å². The predicted molar refractivity (Wildman–Crippen MR) is 76.2 cm³/mol. The van der Waals surface area contributed by atoms with Gasteiger partial charge in [-0.15, -0.1) is 0 Å². The van der Waals surface area contributed by atoms with Crippen LogP contribution in [0.4, 0.5) is 0 Å². The smallest absolute Gasteiger partial charge is 0.209 e. The molecule has 112 valence electrons.